The van der Waals surface area contributed by atoms with Gasteiger partial charge in [0.05, 0.1) is 19.6 Å². The van der Waals surface area contributed by atoms with Crippen molar-refractivity contribution in [3.05, 3.63) is 22.8 Å². The van der Waals surface area contributed by atoms with Crippen molar-refractivity contribution in [2.45, 2.75) is 50.4 Å². The maximum Gasteiger partial charge on any atom is 0.314 e. The Morgan fingerprint density at radius 1 is 1.10 bits per heavy atom. The van der Waals surface area contributed by atoms with Gasteiger partial charge in [-0.15, -0.1) is 0 Å². The van der Waals surface area contributed by atoms with E-state index in [0.29, 0.717) is 12.8 Å². The van der Waals surface area contributed by atoms with Crippen LogP contribution in [0.15, 0.2) is 6.07 Å². The summed E-state index contributed by atoms with van der Waals surface area (Å²) in [6, 6.07) is 1.92. The highest BCUT2D eigenvalue weighted by Crippen LogP contribution is 2.50. The van der Waals surface area contributed by atoms with Crippen LogP contribution in [-0.4, -0.2) is 25.3 Å². The summed E-state index contributed by atoms with van der Waals surface area (Å²) >= 11 is 0. The van der Waals surface area contributed by atoms with Crippen molar-refractivity contribution in [1.82, 2.24) is 0 Å². The fraction of sp³-hybridized carbons (Fsp3) is 0.588. The Labute approximate surface area is 125 Å². The molecule has 1 saturated carbocycles. The lowest BCUT2D eigenvalue weighted by molar-refractivity contribution is -0.143. The lowest BCUT2D eigenvalue weighted by Crippen LogP contribution is -2.33. The molecule has 1 aromatic rings. The van der Waals surface area contributed by atoms with E-state index < -0.39 is 11.4 Å². The maximum absolute atomic E-state index is 12.0. The number of hydrogen-bond acceptors (Lipinski definition) is 3. The molecular weight excluding hydrogens is 268 g/mol. The quantitative estimate of drug-likeness (QED) is 0.926. The van der Waals surface area contributed by atoms with Crippen LogP contribution in [-0.2, 0) is 23.1 Å². The van der Waals surface area contributed by atoms with Crippen LogP contribution in [0.25, 0.3) is 0 Å². The number of ether oxygens (including phenoxy) is 2. The van der Waals surface area contributed by atoms with E-state index in [1.165, 1.54) is 5.56 Å². The van der Waals surface area contributed by atoms with E-state index in [-0.39, 0.29) is 0 Å². The van der Waals surface area contributed by atoms with Crippen molar-refractivity contribution in [3.63, 3.8) is 0 Å². The van der Waals surface area contributed by atoms with Crippen molar-refractivity contribution >= 4 is 5.97 Å². The first-order chi connectivity index (χ1) is 10.1. The minimum absolute atomic E-state index is 0.681. The van der Waals surface area contributed by atoms with Crippen molar-refractivity contribution in [1.29, 1.82) is 0 Å². The number of fused-ring (bicyclic) bond motifs is 1. The fourth-order valence-corrected chi connectivity index (χ4v) is 4.06. The molecule has 0 amide bonds. The minimum atomic E-state index is -0.809. The molecule has 0 spiro atoms. The molecule has 3 rings (SSSR count). The van der Waals surface area contributed by atoms with E-state index in [1.807, 2.05) is 6.07 Å². The van der Waals surface area contributed by atoms with Crippen LogP contribution in [0.3, 0.4) is 0 Å². The monoisotopic (exact) mass is 290 g/mol. The third-order valence-corrected chi connectivity index (χ3v) is 5.12. The summed E-state index contributed by atoms with van der Waals surface area (Å²) in [6.45, 7) is 0. The zero-order valence-electron chi connectivity index (χ0n) is 12.7. The first-order valence-electron chi connectivity index (χ1n) is 7.64. The lowest BCUT2D eigenvalue weighted by atomic mass is 9.77. The molecule has 0 aromatic heterocycles. The molecular formula is C17H22O4. The van der Waals surface area contributed by atoms with Crippen molar-refractivity contribution in [2.75, 3.05) is 14.2 Å². The molecule has 4 heteroatoms. The number of carbonyl (C=O) groups is 1. The number of methoxy groups -OCH3 is 2. The van der Waals surface area contributed by atoms with E-state index in [1.54, 1.807) is 14.2 Å². The van der Waals surface area contributed by atoms with E-state index >= 15 is 0 Å². The second-order valence-corrected chi connectivity index (χ2v) is 6.06. The molecule has 0 aliphatic heterocycles. The van der Waals surface area contributed by atoms with E-state index in [0.717, 1.165) is 54.7 Å². The number of carboxylic acids is 1. The van der Waals surface area contributed by atoms with Crippen LogP contribution in [0.5, 0.6) is 11.5 Å². The zero-order chi connectivity index (χ0) is 15.0. The van der Waals surface area contributed by atoms with Gasteiger partial charge in [-0.3, -0.25) is 4.79 Å². The minimum Gasteiger partial charge on any atom is -0.496 e. The van der Waals surface area contributed by atoms with Crippen LogP contribution < -0.4 is 9.47 Å². The van der Waals surface area contributed by atoms with Crippen molar-refractivity contribution < 1.29 is 19.4 Å². The van der Waals surface area contributed by atoms with Gasteiger partial charge in [0, 0.05) is 16.7 Å². The molecule has 1 aromatic carbocycles. The molecule has 0 bridgehead atoms. The smallest absolute Gasteiger partial charge is 0.314 e. The molecule has 114 valence electrons. The van der Waals surface area contributed by atoms with Gasteiger partial charge in [0.15, 0.2) is 0 Å². The molecule has 0 unspecified atom stereocenters. The number of carboxylic acid groups (broad SMARTS) is 1. The summed E-state index contributed by atoms with van der Waals surface area (Å²) in [5.74, 6) is 0.872. The summed E-state index contributed by atoms with van der Waals surface area (Å²) in [5, 5.41) is 9.85. The third-order valence-electron chi connectivity index (χ3n) is 5.12. The lowest BCUT2D eigenvalue weighted by Gasteiger charge is -2.28. The first-order valence-corrected chi connectivity index (χ1v) is 7.64. The summed E-state index contributed by atoms with van der Waals surface area (Å²) in [5.41, 5.74) is 2.35. The molecule has 2 aliphatic carbocycles. The molecule has 2 aliphatic rings. The highest BCUT2D eigenvalue weighted by molar-refractivity contribution is 5.84. The van der Waals surface area contributed by atoms with Gasteiger partial charge in [-0.05, 0) is 38.2 Å². The molecule has 21 heavy (non-hydrogen) atoms. The predicted molar refractivity (Wildman–Crippen MR) is 79.4 cm³/mol. The van der Waals surface area contributed by atoms with Crippen LogP contribution >= 0.6 is 0 Å². The van der Waals surface area contributed by atoms with Gasteiger partial charge in [0.25, 0.3) is 0 Å². The van der Waals surface area contributed by atoms with Gasteiger partial charge < -0.3 is 14.6 Å². The summed E-state index contributed by atoms with van der Waals surface area (Å²) in [7, 11) is 3.31. The summed E-state index contributed by atoms with van der Waals surface area (Å²) < 4.78 is 11.2. The molecule has 0 radical (unpaired) electrons. The largest absolute Gasteiger partial charge is 0.496 e. The molecule has 0 atom stereocenters. The normalized spacial score (nSPS) is 19.3. The van der Waals surface area contributed by atoms with Gasteiger partial charge in [-0.25, -0.2) is 0 Å². The Morgan fingerprint density at radius 2 is 1.76 bits per heavy atom. The number of aliphatic carboxylic acids is 1. The highest BCUT2D eigenvalue weighted by atomic mass is 16.5. The van der Waals surface area contributed by atoms with E-state index in [4.69, 9.17) is 9.47 Å². The number of benzene rings is 1. The number of rotatable bonds is 4. The van der Waals surface area contributed by atoms with Crippen molar-refractivity contribution in [2.24, 2.45) is 0 Å². The van der Waals surface area contributed by atoms with E-state index in [9.17, 15) is 9.90 Å². The Morgan fingerprint density at radius 3 is 2.33 bits per heavy atom. The fourth-order valence-electron chi connectivity index (χ4n) is 4.06. The Balaban J connectivity index is 2.24. The summed E-state index contributed by atoms with van der Waals surface area (Å²) in [4.78, 5) is 12.0. The van der Waals surface area contributed by atoms with Crippen molar-refractivity contribution in [3.8, 4) is 11.5 Å². The average Bonchev–Trinajstić information content (AvgIpc) is 3.14. The second kappa shape index (κ2) is 5.24. The average molecular weight is 290 g/mol. The topological polar surface area (TPSA) is 55.8 Å². The molecule has 0 saturated heterocycles. The molecule has 0 heterocycles. The summed E-state index contributed by atoms with van der Waals surface area (Å²) in [6.07, 6.45) is 6.27. The van der Waals surface area contributed by atoms with Crippen LogP contribution in [0.4, 0.5) is 0 Å². The van der Waals surface area contributed by atoms with Gasteiger partial charge in [0.2, 0.25) is 0 Å². The third kappa shape index (κ3) is 2.00. The van der Waals surface area contributed by atoms with Crippen LogP contribution in [0, 0.1) is 0 Å². The second-order valence-electron chi connectivity index (χ2n) is 6.06. The van der Waals surface area contributed by atoms with Crippen LogP contribution in [0.2, 0.25) is 0 Å². The van der Waals surface area contributed by atoms with Gasteiger partial charge in [-0.2, -0.15) is 0 Å². The Kier molecular flexibility index (Phi) is 3.56. The van der Waals surface area contributed by atoms with Gasteiger partial charge >= 0.3 is 5.97 Å². The first kappa shape index (κ1) is 14.2. The standard InChI is InChI=1S/C17H22O4/c1-20-14-10-13(17(16(18)19)8-3-4-9-17)15(21-2)12-7-5-6-11(12)14/h10H,3-9H2,1-2H3,(H,18,19). The Bertz CT molecular complexity index is 571. The molecule has 1 N–H and O–H groups in total. The van der Waals surface area contributed by atoms with Gasteiger partial charge in [-0.1, -0.05) is 12.8 Å². The SMILES string of the molecule is COc1cc(C2(C(=O)O)CCCC2)c(OC)c2c1CCC2. The Hall–Kier alpha value is -1.71. The van der Waals surface area contributed by atoms with Crippen LogP contribution in [0.1, 0.15) is 48.8 Å². The number of hydrogen-bond donors (Lipinski definition) is 1. The maximum atomic E-state index is 12.0. The van der Waals surface area contributed by atoms with E-state index in [2.05, 4.69) is 0 Å². The predicted octanol–water partition coefficient (Wildman–Crippen LogP) is 3.09. The van der Waals surface area contributed by atoms with Gasteiger partial charge in [0.1, 0.15) is 11.5 Å². The molecule has 1 fully saturated rings. The molecule has 4 nitrogen and oxygen atoms in total. The highest BCUT2D eigenvalue weighted by Gasteiger charge is 2.46. The zero-order valence-corrected chi connectivity index (χ0v) is 12.7.